The van der Waals surface area contributed by atoms with Crippen molar-refractivity contribution in [3.8, 4) is 11.4 Å². The highest BCUT2D eigenvalue weighted by molar-refractivity contribution is 5.90. The second-order valence-corrected chi connectivity index (χ2v) is 5.27. The van der Waals surface area contributed by atoms with Crippen molar-refractivity contribution < 1.29 is 4.79 Å². The topological polar surface area (TPSA) is 85.8 Å². The Hall–Kier alpha value is -2.21. The molecule has 1 amide bonds. The van der Waals surface area contributed by atoms with E-state index in [1.165, 1.54) is 0 Å². The first-order chi connectivity index (χ1) is 10.1. The third kappa shape index (κ3) is 4.13. The molecule has 112 valence electrons. The van der Waals surface area contributed by atoms with Crippen LogP contribution in [-0.4, -0.2) is 27.2 Å². The van der Waals surface area contributed by atoms with Gasteiger partial charge in [-0.1, -0.05) is 6.92 Å². The van der Waals surface area contributed by atoms with Crippen LogP contribution in [0, 0.1) is 5.92 Å². The fourth-order valence-corrected chi connectivity index (χ4v) is 1.97. The molecule has 0 spiro atoms. The first kappa shape index (κ1) is 15.2. The Morgan fingerprint density at radius 2 is 2.10 bits per heavy atom. The second-order valence-electron chi connectivity index (χ2n) is 5.27. The molecule has 0 saturated carbocycles. The smallest absolute Gasteiger partial charge is 0.224 e. The van der Waals surface area contributed by atoms with Crippen molar-refractivity contribution in [1.82, 2.24) is 14.8 Å². The summed E-state index contributed by atoms with van der Waals surface area (Å²) in [7, 11) is 1.89. The number of hydrogen-bond donors (Lipinski definition) is 2. The monoisotopic (exact) mass is 287 g/mol. The van der Waals surface area contributed by atoms with Crippen LogP contribution in [0.1, 0.15) is 19.8 Å². The van der Waals surface area contributed by atoms with Gasteiger partial charge in [-0.3, -0.25) is 4.79 Å². The van der Waals surface area contributed by atoms with E-state index in [0.29, 0.717) is 18.9 Å². The van der Waals surface area contributed by atoms with Gasteiger partial charge in [0.25, 0.3) is 0 Å². The van der Waals surface area contributed by atoms with Gasteiger partial charge in [0.05, 0.1) is 0 Å². The van der Waals surface area contributed by atoms with Gasteiger partial charge in [0.2, 0.25) is 5.91 Å². The molecule has 0 aliphatic heterocycles. The Morgan fingerprint density at radius 1 is 1.38 bits per heavy atom. The van der Waals surface area contributed by atoms with Crippen molar-refractivity contribution in [3.05, 3.63) is 30.6 Å². The summed E-state index contributed by atoms with van der Waals surface area (Å²) in [6.45, 7) is 2.66. The maximum Gasteiger partial charge on any atom is 0.224 e. The van der Waals surface area contributed by atoms with Crippen molar-refractivity contribution >= 4 is 11.6 Å². The van der Waals surface area contributed by atoms with Crippen LogP contribution in [0.2, 0.25) is 0 Å². The van der Waals surface area contributed by atoms with E-state index in [0.717, 1.165) is 23.5 Å². The first-order valence-electron chi connectivity index (χ1n) is 7.04. The summed E-state index contributed by atoms with van der Waals surface area (Å²) in [6.07, 6.45) is 2.95. The number of aromatic nitrogens is 3. The van der Waals surface area contributed by atoms with Crippen LogP contribution >= 0.6 is 0 Å². The molecule has 0 radical (unpaired) electrons. The molecule has 6 nitrogen and oxygen atoms in total. The van der Waals surface area contributed by atoms with Crippen molar-refractivity contribution in [2.45, 2.75) is 19.8 Å². The Morgan fingerprint density at radius 3 is 2.67 bits per heavy atom. The minimum absolute atomic E-state index is 0.0155. The number of aryl methyl sites for hydroxylation is 1. The first-order valence-corrected chi connectivity index (χ1v) is 7.04. The van der Waals surface area contributed by atoms with Crippen LogP contribution in [0.3, 0.4) is 0 Å². The van der Waals surface area contributed by atoms with Crippen molar-refractivity contribution in [2.24, 2.45) is 18.7 Å². The van der Waals surface area contributed by atoms with Gasteiger partial charge < -0.3 is 15.6 Å². The maximum atomic E-state index is 11.8. The lowest BCUT2D eigenvalue weighted by Crippen LogP contribution is -2.16. The number of anilines is 1. The van der Waals surface area contributed by atoms with E-state index >= 15 is 0 Å². The predicted octanol–water partition coefficient (Wildman–Crippen LogP) is 1.80. The fraction of sp³-hybridized carbons (Fsp3) is 0.400. The molecule has 0 fully saturated rings. The van der Waals surface area contributed by atoms with Gasteiger partial charge >= 0.3 is 0 Å². The van der Waals surface area contributed by atoms with Crippen LogP contribution in [0.25, 0.3) is 11.4 Å². The number of nitrogens with one attached hydrogen (secondary N) is 1. The van der Waals surface area contributed by atoms with Crippen LogP contribution in [-0.2, 0) is 11.8 Å². The van der Waals surface area contributed by atoms with E-state index in [1.54, 1.807) is 6.33 Å². The molecule has 6 heteroatoms. The Balaban J connectivity index is 1.94. The van der Waals surface area contributed by atoms with Crippen LogP contribution in [0.5, 0.6) is 0 Å². The number of carbonyl (C=O) groups excluding carboxylic acids is 1. The molecule has 0 aliphatic rings. The summed E-state index contributed by atoms with van der Waals surface area (Å²) in [5.74, 6) is 1.18. The summed E-state index contributed by atoms with van der Waals surface area (Å²) in [6, 6.07) is 7.58. The standard InChI is InChI=1S/C15H21N5O/c1-11(9-16)3-8-14(21)18-13-6-4-12(5-7-13)15-19-17-10-20(15)2/h4-7,10-11H,3,8-9,16H2,1-2H3,(H,18,21). The van der Waals surface area contributed by atoms with Gasteiger partial charge in [-0.05, 0) is 43.1 Å². The summed E-state index contributed by atoms with van der Waals surface area (Å²) in [4.78, 5) is 11.8. The molecule has 1 aromatic carbocycles. The maximum absolute atomic E-state index is 11.8. The SMILES string of the molecule is CC(CN)CCC(=O)Nc1ccc(-c2nncn2C)cc1. The number of amides is 1. The minimum Gasteiger partial charge on any atom is -0.330 e. The molecular weight excluding hydrogens is 266 g/mol. The summed E-state index contributed by atoms with van der Waals surface area (Å²) in [5.41, 5.74) is 7.29. The van der Waals surface area contributed by atoms with Crippen molar-refractivity contribution in [2.75, 3.05) is 11.9 Å². The Kier molecular flexibility index (Phi) is 5.05. The average Bonchev–Trinajstić information content (AvgIpc) is 2.91. The quantitative estimate of drug-likeness (QED) is 0.848. The third-order valence-corrected chi connectivity index (χ3v) is 3.40. The molecule has 1 aromatic heterocycles. The van der Waals surface area contributed by atoms with E-state index < -0.39 is 0 Å². The van der Waals surface area contributed by atoms with Crippen LogP contribution in [0.15, 0.2) is 30.6 Å². The van der Waals surface area contributed by atoms with Crippen molar-refractivity contribution in [1.29, 1.82) is 0 Å². The lowest BCUT2D eigenvalue weighted by Gasteiger charge is -2.09. The summed E-state index contributed by atoms with van der Waals surface area (Å²) < 4.78 is 1.85. The molecule has 1 unspecified atom stereocenters. The van der Waals surface area contributed by atoms with Gasteiger partial charge in [0, 0.05) is 24.7 Å². The largest absolute Gasteiger partial charge is 0.330 e. The van der Waals surface area contributed by atoms with E-state index in [1.807, 2.05) is 42.8 Å². The molecule has 1 atom stereocenters. The number of nitrogens with zero attached hydrogens (tertiary/aromatic N) is 3. The van der Waals surface area contributed by atoms with E-state index in [9.17, 15) is 4.79 Å². The predicted molar refractivity (Wildman–Crippen MR) is 82.5 cm³/mol. The van der Waals surface area contributed by atoms with Crippen molar-refractivity contribution in [3.63, 3.8) is 0 Å². The van der Waals surface area contributed by atoms with Gasteiger partial charge in [0.1, 0.15) is 6.33 Å². The van der Waals surface area contributed by atoms with Gasteiger partial charge in [-0.25, -0.2) is 0 Å². The highest BCUT2D eigenvalue weighted by Crippen LogP contribution is 2.19. The third-order valence-electron chi connectivity index (χ3n) is 3.40. The van der Waals surface area contributed by atoms with E-state index in [4.69, 9.17) is 5.73 Å². The summed E-state index contributed by atoms with van der Waals surface area (Å²) >= 11 is 0. The molecule has 21 heavy (non-hydrogen) atoms. The molecule has 2 aromatic rings. The Bertz CT molecular complexity index is 590. The van der Waals surface area contributed by atoms with Gasteiger partial charge in [0.15, 0.2) is 5.82 Å². The van der Waals surface area contributed by atoms with Gasteiger partial charge in [-0.2, -0.15) is 0 Å². The normalized spacial score (nSPS) is 12.1. The van der Waals surface area contributed by atoms with Crippen LogP contribution < -0.4 is 11.1 Å². The summed E-state index contributed by atoms with van der Waals surface area (Å²) in [5, 5.41) is 10.8. The number of nitrogens with two attached hydrogens (primary N) is 1. The number of hydrogen-bond acceptors (Lipinski definition) is 4. The zero-order valence-electron chi connectivity index (χ0n) is 12.4. The molecule has 1 heterocycles. The average molecular weight is 287 g/mol. The highest BCUT2D eigenvalue weighted by Gasteiger charge is 2.07. The van der Waals surface area contributed by atoms with E-state index in [2.05, 4.69) is 15.5 Å². The van der Waals surface area contributed by atoms with Crippen LogP contribution in [0.4, 0.5) is 5.69 Å². The molecule has 3 N–H and O–H groups in total. The molecular formula is C15H21N5O. The molecule has 0 saturated heterocycles. The second kappa shape index (κ2) is 6.99. The molecule has 0 bridgehead atoms. The Labute approximate surface area is 124 Å². The number of carbonyl (C=O) groups is 1. The number of rotatable bonds is 6. The lowest BCUT2D eigenvalue weighted by molar-refractivity contribution is -0.116. The minimum atomic E-state index is 0.0155. The lowest BCUT2D eigenvalue weighted by atomic mass is 10.1. The fourth-order valence-electron chi connectivity index (χ4n) is 1.97. The van der Waals surface area contributed by atoms with Gasteiger partial charge in [-0.15, -0.1) is 10.2 Å². The highest BCUT2D eigenvalue weighted by atomic mass is 16.1. The zero-order valence-corrected chi connectivity index (χ0v) is 12.4. The molecule has 2 rings (SSSR count). The molecule has 0 aliphatic carbocycles. The number of benzene rings is 1. The zero-order chi connectivity index (χ0) is 15.2. The van der Waals surface area contributed by atoms with E-state index in [-0.39, 0.29) is 5.91 Å².